The van der Waals surface area contributed by atoms with E-state index in [0.717, 1.165) is 0 Å². The number of halogens is 1. The van der Waals surface area contributed by atoms with Crippen molar-refractivity contribution in [2.24, 2.45) is 0 Å². The number of rotatable bonds is 2. The van der Waals surface area contributed by atoms with Gasteiger partial charge in [0, 0.05) is 11.9 Å². The Morgan fingerprint density at radius 2 is 1.88 bits per heavy atom. The number of nitrogens with zero attached hydrogens (tertiary/aromatic N) is 1. The molecule has 0 bridgehead atoms. The number of amides is 1. The molecule has 1 amide bonds. The lowest BCUT2D eigenvalue weighted by Crippen LogP contribution is -2.14. The number of hydrogen-bond donors (Lipinski definition) is 1. The molecule has 0 aliphatic rings. The second-order valence-electron chi connectivity index (χ2n) is 3.16. The van der Waals surface area contributed by atoms with Crippen LogP contribution < -0.4 is 5.32 Å². The van der Waals surface area contributed by atoms with Crippen LogP contribution in [-0.4, -0.2) is 10.9 Å². The highest BCUT2D eigenvalue weighted by molar-refractivity contribution is 6.04. The van der Waals surface area contributed by atoms with Gasteiger partial charge in [-0.15, -0.1) is 0 Å². The molecule has 0 aliphatic carbocycles. The predicted molar refractivity (Wildman–Crippen MR) is 58.6 cm³/mol. The molecule has 0 atom stereocenters. The third-order valence-electron chi connectivity index (χ3n) is 2.04. The van der Waals surface area contributed by atoms with Crippen LogP contribution in [-0.2, 0) is 0 Å². The van der Waals surface area contributed by atoms with Crippen LogP contribution in [0.15, 0.2) is 48.7 Å². The van der Waals surface area contributed by atoms with Gasteiger partial charge in [-0.05, 0) is 24.3 Å². The maximum atomic E-state index is 13.2. The van der Waals surface area contributed by atoms with Crippen molar-refractivity contribution in [1.29, 1.82) is 0 Å². The first-order valence-corrected chi connectivity index (χ1v) is 4.74. The van der Waals surface area contributed by atoms with Crippen molar-refractivity contribution in [2.45, 2.75) is 0 Å². The molecule has 0 saturated carbocycles. The maximum Gasteiger partial charge on any atom is 0.260 e. The summed E-state index contributed by atoms with van der Waals surface area (Å²) in [6.07, 6.45) is 1.30. The Morgan fingerprint density at radius 1 is 1.12 bits per heavy atom. The number of benzene rings is 1. The molecule has 1 heterocycles. The molecule has 0 aliphatic heterocycles. The van der Waals surface area contributed by atoms with E-state index in [1.165, 1.54) is 18.3 Å². The van der Waals surface area contributed by atoms with Gasteiger partial charge in [0.2, 0.25) is 5.95 Å². The topological polar surface area (TPSA) is 42.0 Å². The predicted octanol–water partition coefficient (Wildman–Crippen LogP) is 2.47. The Bertz CT molecular complexity index is 499. The Labute approximate surface area is 92.0 Å². The van der Waals surface area contributed by atoms with Gasteiger partial charge in [0.05, 0.1) is 5.56 Å². The number of carbonyl (C=O) groups excluding carboxylic acids is 1. The third-order valence-corrected chi connectivity index (χ3v) is 2.04. The summed E-state index contributed by atoms with van der Waals surface area (Å²) in [6, 6.07) is 11.8. The zero-order chi connectivity index (χ0) is 11.4. The molecule has 0 spiro atoms. The lowest BCUT2D eigenvalue weighted by molar-refractivity contribution is 0.102. The largest absolute Gasteiger partial charge is 0.322 e. The van der Waals surface area contributed by atoms with E-state index in [1.54, 1.807) is 24.3 Å². The van der Waals surface area contributed by atoms with E-state index < -0.39 is 11.9 Å². The van der Waals surface area contributed by atoms with E-state index in [9.17, 15) is 9.18 Å². The second kappa shape index (κ2) is 4.53. The molecule has 1 N–H and O–H groups in total. The van der Waals surface area contributed by atoms with Gasteiger partial charge >= 0.3 is 0 Å². The van der Waals surface area contributed by atoms with Crippen molar-refractivity contribution < 1.29 is 9.18 Å². The SMILES string of the molecule is O=C(Nc1ccccc1)c1cccnc1F. The monoisotopic (exact) mass is 216 g/mol. The van der Waals surface area contributed by atoms with E-state index in [0.29, 0.717) is 5.69 Å². The van der Waals surface area contributed by atoms with E-state index >= 15 is 0 Å². The van der Waals surface area contributed by atoms with Gasteiger partial charge in [0.15, 0.2) is 0 Å². The molecular formula is C12H9FN2O. The number of pyridine rings is 1. The summed E-state index contributed by atoms with van der Waals surface area (Å²) < 4.78 is 13.2. The van der Waals surface area contributed by atoms with Gasteiger partial charge in [-0.1, -0.05) is 18.2 Å². The molecule has 0 fully saturated rings. The summed E-state index contributed by atoms with van der Waals surface area (Å²) in [6.45, 7) is 0. The number of nitrogens with one attached hydrogen (secondary N) is 1. The Hall–Kier alpha value is -2.23. The lowest BCUT2D eigenvalue weighted by atomic mass is 10.2. The number of hydrogen-bond acceptors (Lipinski definition) is 2. The average molecular weight is 216 g/mol. The van der Waals surface area contributed by atoms with Crippen LogP contribution in [0.1, 0.15) is 10.4 Å². The zero-order valence-corrected chi connectivity index (χ0v) is 8.35. The second-order valence-corrected chi connectivity index (χ2v) is 3.16. The van der Waals surface area contributed by atoms with Crippen molar-refractivity contribution in [1.82, 2.24) is 4.98 Å². The summed E-state index contributed by atoms with van der Waals surface area (Å²) in [5.74, 6) is -1.27. The van der Waals surface area contributed by atoms with Crippen LogP contribution in [0.25, 0.3) is 0 Å². The number of anilines is 1. The summed E-state index contributed by atoms with van der Waals surface area (Å²) in [4.78, 5) is 15.1. The molecule has 2 aromatic rings. The first kappa shape index (κ1) is 10.3. The summed E-state index contributed by atoms with van der Waals surface area (Å²) >= 11 is 0. The normalized spacial score (nSPS) is 9.81. The van der Waals surface area contributed by atoms with Crippen molar-refractivity contribution >= 4 is 11.6 Å². The lowest BCUT2D eigenvalue weighted by Gasteiger charge is -2.04. The maximum absolute atomic E-state index is 13.2. The van der Waals surface area contributed by atoms with E-state index in [2.05, 4.69) is 10.3 Å². The molecule has 3 nitrogen and oxygen atoms in total. The van der Waals surface area contributed by atoms with Crippen LogP contribution in [0.4, 0.5) is 10.1 Å². The first-order valence-electron chi connectivity index (χ1n) is 4.74. The highest BCUT2D eigenvalue weighted by Gasteiger charge is 2.11. The minimum atomic E-state index is -0.768. The summed E-state index contributed by atoms with van der Waals surface area (Å²) in [7, 11) is 0. The smallest absolute Gasteiger partial charge is 0.260 e. The molecular weight excluding hydrogens is 207 g/mol. The Kier molecular flexibility index (Phi) is 2.91. The minimum Gasteiger partial charge on any atom is -0.322 e. The van der Waals surface area contributed by atoms with Gasteiger partial charge in [-0.25, -0.2) is 4.98 Å². The highest BCUT2D eigenvalue weighted by Crippen LogP contribution is 2.09. The fourth-order valence-corrected chi connectivity index (χ4v) is 1.28. The Balaban J connectivity index is 2.19. The van der Waals surface area contributed by atoms with E-state index in [-0.39, 0.29) is 5.56 Å². The fourth-order valence-electron chi connectivity index (χ4n) is 1.28. The molecule has 0 saturated heterocycles. The summed E-state index contributed by atoms with van der Waals surface area (Å²) in [5, 5.41) is 2.58. The summed E-state index contributed by atoms with van der Waals surface area (Å²) in [5.41, 5.74) is 0.558. The number of aromatic nitrogens is 1. The van der Waals surface area contributed by atoms with Gasteiger partial charge in [0.25, 0.3) is 5.91 Å². The molecule has 16 heavy (non-hydrogen) atoms. The number of para-hydroxylation sites is 1. The Morgan fingerprint density at radius 3 is 2.56 bits per heavy atom. The van der Waals surface area contributed by atoms with Crippen molar-refractivity contribution in [3.05, 3.63) is 60.2 Å². The van der Waals surface area contributed by atoms with Gasteiger partial charge < -0.3 is 5.32 Å². The standard InChI is InChI=1S/C12H9FN2O/c13-11-10(7-4-8-14-11)12(16)15-9-5-2-1-3-6-9/h1-8H,(H,15,16). The fraction of sp³-hybridized carbons (Fsp3) is 0. The van der Waals surface area contributed by atoms with Crippen molar-refractivity contribution in [2.75, 3.05) is 5.32 Å². The molecule has 2 rings (SSSR count). The van der Waals surface area contributed by atoms with Crippen LogP contribution in [0.5, 0.6) is 0 Å². The third kappa shape index (κ3) is 2.23. The molecule has 1 aromatic carbocycles. The van der Waals surface area contributed by atoms with Gasteiger partial charge in [-0.2, -0.15) is 4.39 Å². The molecule has 0 radical (unpaired) electrons. The van der Waals surface area contributed by atoms with Crippen LogP contribution in [0.3, 0.4) is 0 Å². The minimum absolute atomic E-state index is 0.0636. The van der Waals surface area contributed by atoms with Crippen LogP contribution in [0.2, 0.25) is 0 Å². The van der Waals surface area contributed by atoms with Crippen LogP contribution >= 0.6 is 0 Å². The van der Waals surface area contributed by atoms with Crippen molar-refractivity contribution in [3.63, 3.8) is 0 Å². The molecule has 1 aromatic heterocycles. The molecule has 80 valence electrons. The molecule has 0 unspecified atom stereocenters. The van der Waals surface area contributed by atoms with Crippen molar-refractivity contribution in [3.8, 4) is 0 Å². The first-order chi connectivity index (χ1) is 7.77. The van der Waals surface area contributed by atoms with E-state index in [1.807, 2.05) is 6.07 Å². The quantitative estimate of drug-likeness (QED) is 0.783. The van der Waals surface area contributed by atoms with Gasteiger partial charge in [0.1, 0.15) is 0 Å². The molecule has 4 heteroatoms. The van der Waals surface area contributed by atoms with Gasteiger partial charge in [-0.3, -0.25) is 4.79 Å². The zero-order valence-electron chi connectivity index (χ0n) is 8.35. The van der Waals surface area contributed by atoms with E-state index in [4.69, 9.17) is 0 Å². The average Bonchev–Trinajstić information content (AvgIpc) is 2.31. The highest BCUT2D eigenvalue weighted by atomic mass is 19.1. The number of carbonyl (C=O) groups is 1. The van der Waals surface area contributed by atoms with Crippen LogP contribution in [0, 0.1) is 5.95 Å².